The average molecular weight is 667 g/mol. The zero-order valence-corrected chi connectivity index (χ0v) is 27.7. The van der Waals surface area contributed by atoms with Gasteiger partial charge in [-0.1, -0.05) is 121 Å². The third-order valence-electron chi connectivity index (χ3n) is 9.60. The molecule has 3 saturated heterocycles. The maximum Gasteiger partial charge on any atom is 0.184 e. The molecule has 0 amide bonds. The second-order valence-corrected chi connectivity index (χ2v) is 13.2. The van der Waals surface area contributed by atoms with Crippen LogP contribution in [0.2, 0.25) is 0 Å². The third-order valence-corrected chi connectivity index (χ3v) is 9.60. The lowest BCUT2D eigenvalue weighted by Crippen LogP contribution is -2.60. The molecule has 9 atom stereocenters. The Morgan fingerprint density at radius 2 is 1.10 bits per heavy atom. The Hall–Kier alpha value is -3.44. The van der Waals surface area contributed by atoms with E-state index in [2.05, 4.69) is 12.1 Å². The molecule has 3 fully saturated rings. The monoisotopic (exact) mass is 666 g/mol. The summed E-state index contributed by atoms with van der Waals surface area (Å²) >= 11 is 0. The number of aliphatic hydroxyl groups is 1. The fraction of sp³-hybridized carbons (Fsp3) is 0.415. The van der Waals surface area contributed by atoms with Crippen molar-refractivity contribution in [1.29, 1.82) is 0 Å². The molecular formula is C41H46O8. The molecule has 4 aromatic carbocycles. The number of rotatable bonds is 15. The number of hydrogen-bond donors (Lipinski definition) is 1. The summed E-state index contributed by atoms with van der Waals surface area (Å²) in [6.45, 7) is 2.43. The van der Waals surface area contributed by atoms with Crippen LogP contribution in [0.5, 0.6) is 0 Å². The van der Waals surface area contributed by atoms with Gasteiger partial charge in [-0.2, -0.15) is 0 Å². The van der Waals surface area contributed by atoms with Crippen LogP contribution in [0.3, 0.4) is 0 Å². The molecule has 258 valence electrons. The molecule has 8 nitrogen and oxygen atoms in total. The minimum absolute atomic E-state index is 0.122. The summed E-state index contributed by atoms with van der Waals surface area (Å²) in [6, 6.07) is 40.3. The molecule has 7 rings (SSSR count). The summed E-state index contributed by atoms with van der Waals surface area (Å²) in [7, 11) is 0. The van der Waals surface area contributed by atoms with Gasteiger partial charge in [0.15, 0.2) is 6.29 Å². The van der Waals surface area contributed by atoms with E-state index in [1.807, 2.05) is 109 Å². The number of benzene rings is 4. The first-order valence-corrected chi connectivity index (χ1v) is 17.4. The van der Waals surface area contributed by atoms with Gasteiger partial charge >= 0.3 is 0 Å². The van der Waals surface area contributed by atoms with E-state index in [4.69, 9.17) is 33.2 Å². The van der Waals surface area contributed by atoms with E-state index < -0.39 is 30.7 Å². The van der Waals surface area contributed by atoms with Crippen LogP contribution in [0, 0.1) is 5.92 Å². The Morgan fingerprint density at radius 3 is 1.67 bits per heavy atom. The molecule has 49 heavy (non-hydrogen) atoms. The first-order chi connectivity index (χ1) is 24.2. The molecule has 1 N–H and O–H groups in total. The lowest BCUT2D eigenvalue weighted by Gasteiger charge is -2.47. The molecule has 2 bridgehead atoms. The highest BCUT2D eigenvalue weighted by Gasteiger charge is 2.53. The second kappa shape index (κ2) is 17.0. The summed E-state index contributed by atoms with van der Waals surface area (Å²) in [5, 5.41) is 12.4. The van der Waals surface area contributed by atoms with Crippen LogP contribution < -0.4 is 0 Å². The Labute approximate surface area is 288 Å². The topological polar surface area (TPSA) is 84.8 Å². The van der Waals surface area contributed by atoms with Crippen LogP contribution in [0.4, 0.5) is 0 Å². The number of hydrogen-bond acceptors (Lipinski definition) is 8. The smallest absolute Gasteiger partial charge is 0.184 e. The molecule has 9 unspecified atom stereocenters. The maximum absolute atomic E-state index is 12.4. The first-order valence-electron chi connectivity index (χ1n) is 17.4. The first kappa shape index (κ1) is 34.0. The van der Waals surface area contributed by atoms with Crippen LogP contribution in [0.15, 0.2) is 121 Å². The molecule has 0 spiro atoms. The molecule has 3 heterocycles. The van der Waals surface area contributed by atoms with Crippen molar-refractivity contribution in [3.8, 4) is 0 Å². The Kier molecular flexibility index (Phi) is 11.8. The van der Waals surface area contributed by atoms with E-state index in [1.165, 1.54) is 0 Å². The third kappa shape index (κ3) is 9.03. The van der Waals surface area contributed by atoms with E-state index in [0.717, 1.165) is 22.3 Å². The van der Waals surface area contributed by atoms with E-state index in [0.29, 0.717) is 52.5 Å². The van der Waals surface area contributed by atoms with Crippen LogP contribution in [-0.4, -0.2) is 67.3 Å². The highest BCUT2D eigenvalue weighted by atomic mass is 16.7. The summed E-state index contributed by atoms with van der Waals surface area (Å²) in [4.78, 5) is 0. The van der Waals surface area contributed by atoms with Crippen molar-refractivity contribution in [2.45, 2.75) is 88.3 Å². The van der Waals surface area contributed by atoms with Gasteiger partial charge in [-0.15, -0.1) is 0 Å². The van der Waals surface area contributed by atoms with Gasteiger partial charge < -0.3 is 38.3 Å². The molecule has 0 saturated carbocycles. The summed E-state index contributed by atoms with van der Waals surface area (Å²) in [6.07, 6.45) is -2.95. The molecule has 0 radical (unpaired) electrons. The van der Waals surface area contributed by atoms with Crippen molar-refractivity contribution in [3.63, 3.8) is 0 Å². The lowest BCUT2D eigenvalue weighted by molar-refractivity contribution is -0.266. The normalized spacial score (nSPS) is 28.7. The minimum Gasteiger partial charge on any atom is -0.390 e. The van der Waals surface area contributed by atoms with Crippen molar-refractivity contribution in [2.75, 3.05) is 13.2 Å². The largest absolute Gasteiger partial charge is 0.390 e. The van der Waals surface area contributed by atoms with Crippen LogP contribution in [-0.2, 0) is 59.6 Å². The number of fused-ring (bicyclic) bond motifs is 2. The molecule has 3 aliphatic rings. The van der Waals surface area contributed by atoms with Crippen molar-refractivity contribution in [3.05, 3.63) is 144 Å². The molecule has 0 aliphatic carbocycles. The fourth-order valence-corrected chi connectivity index (χ4v) is 7.09. The summed E-state index contributed by atoms with van der Waals surface area (Å²) in [5.74, 6) is -0.318. The van der Waals surface area contributed by atoms with E-state index in [-0.39, 0.29) is 24.2 Å². The second-order valence-electron chi connectivity index (χ2n) is 13.2. The zero-order valence-electron chi connectivity index (χ0n) is 27.7. The van der Waals surface area contributed by atoms with E-state index >= 15 is 0 Å². The van der Waals surface area contributed by atoms with Crippen LogP contribution in [0.1, 0.15) is 35.1 Å². The van der Waals surface area contributed by atoms with E-state index in [1.54, 1.807) is 0 Å². The van der Waals surface area contributed by atoms with Gasteiger partial charge in [-0.05, 0) is 28.7 Å². The Bertz CT molecular complexity index is 1520. The summed E-state index contributed by atoms with van der Waals surface area (Å²) in [5.41, 5.74) is 4.23. The van der Waals surface area contributed by atoms with Crippen molar-refractivity contribution in [1.82, 2.24) is 0 Å². The van der Waals surface area contributed by atoms with Gasteiger partial charge in [-0.3, -0.25) is 0 Å². The zero-order chi connectivity index (χ0) is 33.3. The van der Waals surface area contributed by atoms with Crippen LogP contribution >= 0.6 is 0 Å². The molecule has 0 aromatic heterocycles. The van der Waals surface area contributed by atoms with Gasteiger partial charge in [0.1, 0.15) is 18.3 Å². The van der Waals surface area contributed by atoms with Gasteiger partial charge in [0, 0.05) is 12.3 Å². The van der Waals surface area contributed by atoms with Gasteiger partial charge in [0.2, 0.25) is 0 Å². The molecule has 8 heteroatoms. The predicted molar refractivity (Wildman–Crippen MR) is 183 cm³/mol. The van der Waals surface area contributed by atoms with Crippen molar-refractivity contribution >= 4 is 0 Å². The highest BCUT2D eigenvalue weighted by molar-refractivity contribution is 5.16. The molecular weight excluding hydrogens is 620 g/mol. The minimum atomic E-state index is -0.947. The Morgan fingerprint density at radius 1 is 0.592 bits per heavy atom. The standard InChI is InChI=1S/C41H46O8/c42-37(35-21-33-28-47-41(49-33)38(35)45-25-31-17-9-3-10-18-31)40-39(46-26-32-19-11-4-12-20-32)36(44-24-30-15-7-2-8-16-30)22-34(48-40)27-43-23-29-13-5-1-6-14-29/h1-20,33-42H,21-28H2. The number of aliphatic hydroxyl groups excluding tert-OH is 1. The van der Waals surface area contributed by atoms with Crippen molar-refractivity contribution in [2.24, 2.45) is 5.92 Å². The van der Waals surface area contributed by atoms with E-state index in [9.17, 15) is 5.11 Å². The van der Waals surface area contributed by atoms with Crippen molar-refractivity contribution < 1.29 is 38.3 Å². The predicted octanol–water partition coefficient (Wildman–Crippen LogP) is 6.24. The lowest BCUT2D eigenvalue weighted by atomic mass is 9.81. The van der Waals surface area contributed by atoms with Gasteiger partial charge in [-0.25, -0.2) is 0 Å². The maximum atomic E-state index is 12.4. The average Bonchev–Trinajstić information content (AvgIpc) is 3.55. The SMILES string of the molecule is OC(C1CC2COC(O2)C1OCc1ccccc1)C1OC(COCc2ccccc2)CC(OCc2ccccc2)C1OCc1ccccc1. The fourth-order valence-electron chi connectivity index (χ4n) is 7.09. The quantitative estimate of drug-likeness (QED) is 0.160. The number of ether oxygens (including phenoxy) is 7. The molecule has 4 aromatic rings. The Balaban J connectivity index is 1.14. The molecule has 3 aliphatic heterocycles. The highest BCUT2D eigenvalue weighted by Crippen LogP contribution is 2.40. The van der Waals surface area contributed by atoms with Gasteiger partial charge in [0.05, 0.1) is 64.1 Å². The van der Waals surface area contributed by atoms with Crippen LogP contribution in [0.25, 0.3) is 0 Å². The summed E-state index contributed by atoms with van der Waals surface area (Å²) < 4.78 is 45.0. The van der Waals surface area contributed by atoms with Gasteiger partial charge in [0.25, 0.3) is 0 Å².